The maximum atomic E-state index is 9.77. The van der Waals surface area contributed by atoms with Gasteiger partial charge in [-0.3, -0.25) is 0 Å². The highest BCUT2D eigenvalue weighted by Gasteiger charge is 2.04. The van der Waals surface area contributed by atoms with Crippen molar-refractivity contribution in [3.05, 3.63) is 22.2 Å². The lowest BCUT2D eigenvalue weighted by Gasteiger charge is -1.83. The van der Waals surface area contributed by atoms with Crippen LogP contribution in [0.15, 0.2) is 22.2 Å². The van der Waals surface area contributed by atoms with Gasteiger partial charge in [-0.2, -0.15) is 0 Å². The number of hydrogen-bond acceptors (Lipinski definition) is 4. The molecule has 0 unspecified atom stereocenters. The SMILES string of the molecule is O=C(O)/C=C(/Cl)C(=O)O.O=C(O)/C=C(\Cl)C(=O)O. The van der Waals surface area contributed by atoms with Gasteiger partial charge in [0.05, 0.1) is 0 Å². The molecule has 0 aliphatic heterocycles. The fraction of sp³-hybridized carbons (Fsp3) is 0. The van der Waals surface area contributed by atoms with Crippen LogP contribution < -0.4 is 0 Å². The molecule has 0 radical (unpaired) electrons. The quantitative estimate of drug-likeness (QED) is 0.550. The van der Waals surface area contributed by atoms with Crippen LogP contribution in [0.4, 0.5) is 0 Å². The minimum absolute atomic E-state index is 0.407. The van der Waals surface area contributed by atoms with E-state index in [2.05, 4.69) is 0 Å². The Balaban J connectivity index is 0. The lowest BCUT2D eigenvalue weighted by atomic mass is 10.5. The van der Waals surface area contributed by atoms with E-state index in [4.69, 9.17) is 43.6 Å². The number of rotatable bonds is 4. The summed E-state index contributed by atoms with van der Waals surface area (Å²) < 4.78 is 0. The lowest BCUT2D eigenvalue weighted by molar-refractivity contribution is -0.134. The van der Waals surface area contributed by atoms with E-state index in [1.807, 2.05) is 0 Å². The molecule has 18 heavy (non-hydrogen) atoms. The molecule has 4 N–H and O–H groups in total. The van der Waals surface area contributed by atoms with E-state index in [0.29, 0.717) is 12.2 Å². The highest BCUT2D eigenvalue weighted by molar-refractivity contribution is 6.42. The monoisotopic (exact) mass is 300 g/mol. The molecule has 0 fully saturated rings. The normalized spacial score (nSPS) is 11.0. The molecule has 0 bridgehead atoms. The summed E-state index contributed by atoms with van der Waals surface area (Å²) in [5.41, 5.74) is 0. The van der Waals surface area contributed by atoms with E-state index in [-0.39, 0.29) is 0 Å². The van der Waals surface area contributed by atoms with Gasteiger partial charge in [0.1, 0.15) is 10.1 Å². The molecule has 0 aromatic carbocycles. The highest BCUT2D eigenvalue weighted by atomic mass is 35.5. The molecule has 0 amide bonds. The van der Waals surface area contributed by atoms with Gasteiger partial charge in [0, 0.05) is 12.2 Å². The maximum Gasteiger partial charge on any atom is 0.347 e. The standard InChI is InChI=1S/2C4H3ClO4/c2*5-2(4(8)9)1-3(6)7/h2*1H,(H,6,7)(H,8,9)/b2-1+;2-1-. The molecule has 0 spiro atoms. The zero-order valence-electron chi connectivity index (χ0n) is 8.33. The van der Waals surface area contributed by atoms with Gasteiger partial charge in [0.2, 0.25) is 0 Å². The highest BCUT2D eigenvalue weighted by Crippen LogP contribution is 1.99. The fourth-order valence-corrected chi connectivity index (χ4v) is 0.527. The van der Waals surface area contributed by atoms with Crippen LogP contribution in [0.3, 0.4) is 0 Å². The third-order valence-corrected chi connectivity index (χ3v) is 1.45. The zero-order valence-corrected chi connectivity index (χ0v) is 9.84. The van der Waals surface area contributed by atoms with Crippen LogP contribution in [0.5, 0.6) is 0 Å². The van der Waals surface area contributed by atoms with Crippen molar-refractivity contribution in [1.29, 1.82) is 0 Å². The summed E-state index contributed by atoms with van der Waals surface area (Å²) in [6.45, 7) is 0. The fourth-order valence-electron chi connectivity index (χ4n) is 0.340. The lowest BCUT2D eigenvalue weighted by Crippen LogP contribution is -1.97. The Morgan fingerprint density at radius 3 is 0.944 bits per heavy atom. The van der Waals surface area contributed by atoms with Crippen molar-refractivity contribution in [2.45, 2.75) is 0 Å². The second-order valence-corrected chi connectivity index (χ2v) is 3.09. The van der Waals surface area contributed by atoms with Crippen molar-refractivity contribution in [2.24, 2.45) is 0 Å². The molecule has 0 heterocycles. The van der Waals surface area contributed by atoms with E-state index in [9.17, 15) is 19.2 Å². The zero-order chi connectivity index (χ0) is 14.9. The smallest absolute Gasteiger partial charge is 0.347 e. The minimum Gasteiger partial charge on any atom is -0.478 e. The molecular formula is C8H6Cl2O8. The molecule has 0 atom stereocenters. The Morgan fingerprint density at radius 1 is 0.667 bits per heavy atom. The molecule has 8 nitrogen and oxygen atoms in total. The van der Waals surface area contributed by atoms with Crippen molar-refractivity contribution in [3.8, 4) is 0 Å². The molecule has 10 heteroatoms. The van der Waals surface area contributed by atoms with Gasteiger partial charge in [0.25, 0.3) is 0 Å². The predicted molar refractivity (Wildman–Crippen MR) is 58.4 cm³/mol. The summed E-state index contributed by atoms with van der Waals surface area (Å²) in [5, 5.41) is 30.3. The van der Waals surface area contributed by atoms with Crippen molar-refractivity contribution in [1.82, 2.24) is 0 Å². The Labute approximate surface area is 109 Å². The molecule has 0 saturated carbocycles. The van der Waals surface area contributed by atoms with Crippen LogP contribution in [0.25, 0.3) is 0 Å². The predicted octanol–water partition coefficient (Wildman–Crippen LogP) is 0.557. The molecule has 100 valence electrons. The molecule has 0 rings (SSSR count). The molecule has 0 saturated heterocycles. The van der Waals surface area contributed by atoms with Gasteiger partial charge >= 0.3 is 23.9 Å². The van der Waals surface area contributed by atoms with Crippen LogP contribution in [-0.4, -0.2) is 44.3 Å². The molecular weight excluding hydrogens is 295 g/mol. The third-order valence-electron chi connectivity index (χ3n) is 0.909. The van der Waals surface area contributed by atoms with E-state index in [0.717, 1.165) is 0 Å². The van der Waals surface area contributed by atoms with Gasteiger partial charge in [0.15, 0.2) is 0 Å². The number of hydrogen-bond donors (Lipinski definition) is 4. The number of carboxylic acid groups (broad SMARTS) is 4. The topological polar surface area (TPSA) is 149 Å². The van der Waals surface area contributed by atoms with Crippen molar-refractivity contribution in [2.75, 3.05) is 0 Å². The number of carboxylic acids is 4. The van der Waals surface area contributed by atoms with Gasteiger partial charge in [-0.25, -0.2) is 19.2 Å². The summed E-state index contributed by atoms with van der Waals surface area (Å²) in [6.07, 6.45) is 0.813. The van der Waals surface area contributed by atoms with Gasteiger partial charge < -0.3 is 20.4 Å². The maximum absolute atomic E-state index is 9.77. The first-order valence-electron chi connectivity index (χ1n) is 3.74. The summed E-state index contributed by atoms with van der Waals surface area (Å²) >= 11 is 9.78. The van der Waals surface area contributed by atoms with Crippen molar-refractivity contribution >= 4 is 47.1 Å². The Morgan fingerprint density at radius 2 is 0.889 bits per heavy atom. The molecule has 0 aliphatic carbocycles. The first-order valence-corrected chi connectivity index (χ1v) is 4.50. The number of halogens is 2. The average Bonchev–Trinajstić information content (AvgIpc) is 2.16. The Bertz CT molecular complexity index is 383. The van der Waals surface area contributed by atoms with Gasteiger partial charge in [-0.1, -0.05) is 23.2 Å². The van der Waals surface area contributed by atoms with Gasteiger partial charge in [-0.15, -0.1) is 0 Å². The van der Waals surface area contributed by atoms with Crippen LogP contribution in [0, 0.1) is 0 Å². The summed E-state index contributed by atoms with van der Waals surface area (Å²) in [5.74, 6) is -5.64. The minimum atomic E-state index is -1.45. The average molecular weight is 301 g/mol. The van der Waals surface area contributed by atoms with Crippen LogP contribution in [0.2, 0.25) is 0 Å². The van der Waals surface area contributed by atoms with E-state index in [1.54, 1.807) is 0 Å². The largest absolute Gasteiger partial charge is 0.478 e. The first-order chi connectivity index (χ1) is 8.07. The van der Waals surface area contributed by atoms with Crippen LogP contribution in [-0.2, 0) is 19.2 Å². The Kier molecular flexibility index (Phi) is 9.18. The second kappa shape index (κ2) is 9.02. The van der Waals surface area contributed by atoms with Crippen molar-refractivity contribution < 1.29 is 39.6 Å². The van der Waals surface area contributed by atoms with Crippen LogP contribution in [0.1, 0.15) is 0 Å². The molecule has 0 aromatic heterocycles. The second-order valence-electron chi connectivity index (χ2n) is 2.27. The van der Waals surface area contributed by atoms with Crippen LogP contribution >= 0.6 is 23.2 Å². The van der Waals surface area contributed by atoms with E-state index >= 15 is 0 Å². The number of aliphatic carboxylic acids is 4. The summed E-state index contributed by atoms with van der Waals surface area (Å²) in [7, 11) is 0. The van der Waals surface area contributed by atoms with E-state index < -0.39 is 33.9 Å². The molecule has 0 aliphatic rings. The molecule has 0 aromatic rings. The number of carbonyl (C=O) groups is 4. The Hall–Kier alpha value is -2.06. The third kappa shape index (κ3) is 12.0. The van der Waals surface area contributed by atoms with Gasteiger partial charge in [-0.05, 0) is 0 Å². The first kappa shape index (κ1) is 18.3. The summed E-state index contributed by atoms with van der Waals surface area (Å²) in [4.78, 5) is 38.9. The van der Waals surface area contributed by atoms with E-state index in [1.165, 1.54) is 0 Å². The summed E-state index contributed by atoms with van der Waals surface area (Å²) in [6, 6.07) is 0. The van der Waals surface area contributed by atoms with Crippen molar-refractivity contribution in [3.63, 3.8) is 0 Å².